The Morgan fingerprint density at radius 2 is 2.00 bits per heavy atom. The minimum Gasteiger partial charge on any atom is -0.391 e. The van der Waals surface area contributed by atoms with Gasteiger partial charge in [-0.05, 0) is 11.6 Å². The molecule has 1 aliphatic rings. The molecule has 2 amide bonds. The molecule has 1 aromatic heterocycles. The van der Waals surface area contributed by atoms with Gasteiger partial charge >= 0.3 is 12.2 Å². The number of aromatic nitrogens is 2. The maximum atomic E-state index is 13.4. The molecule has 25 heavy (non-hydrogen) atoms. The van der Waals surface area contributed by atoms with Crippen LogP contribution in [0.15, 0.2) is 35.5 Å². The van der Waals surface area contributed by atoms with Gasteiger partial charge in [0, 0.05) is 17.4 Å². The molecule has 10 heteroatoms. The lowest BCUT2D eigenvalue weighted by Gasteiger charge is -2.31. The molecule has 3 rings (SSSR count). The second kappa shape index (κ2) is 6.20. The standard InChI is InChI=1S/C15H13F3N4O3/c16-15(17,18)12-11-8(2-1-3-10(11)20-14(25)21-12)5-22-7-19-4-9(6-23)13(22)24/h1-4,7,12,23H,5-6H2,(H2,20,21,25). The van der Waals surface area contributed by atoms with Crippen molar-refractivity contribution in [3.05, 3.63) is 57.8 Å². The summed E-state index contributed by atoms with van der Waals surface area (Å²) in [5, 5.41) is 13.3. The first-order valence-electron chi connectivity index (χ1n) is 7.21. The molecule has 0 aliphatic carbocycles. The van der Waals surface area contributed by atoms with Crippen molar-refractivity contribution in [2.75, 3.05) is 5.32 Å². The van der Waals surface area contributed by atoms with E-state index in [2.05, 4.69) is 10.3 Å². The fourth-order valence-corrected chi connectivity index (χ4v) is 2.71. The minimum absolute atomic E-state index is 0.0305. The zero-order valence-corrected chi connectivity index (χ0v) is 12.7. The highest BCUT2D eigenvalue weighted by atomic mass is 19.4. The zero-order valence-electron chi connectivity index (χ0n) is 12.7. The number of rotatable bonds is 3. The molecule has 0 fully saturated rings. The first-order chi connectivity index (χ1) is 11.8. The number of aliphatic hydroxyl groups excluding tert-OH is 1. The molecule has 7 nitrogen and oxygen atoms in total. The first-order valence-corrected chi connectivity index (χ1v) is 7.21. The average molecular weight is 354 g/mol. The second-order valence-corrected chi connectivity index (χ2v) is 5.46. The first kappa shape index (κ1) is 17.0. The van der Waals surface area contributed by atoms with Crippen molar-refractivity contribution in [1.29, 1.82) is 0 Å². The van der Waals surface area contributed by atoms with Crippen molar-refractivity contribution >= 4 is 11.7 Å². The van der Waals surface area contributed by atoms with Crippen LogP contribution in [0.4, 0.5) is 23.7 Å². The summed E-state index contributed by atoms with van der Waals surface area (Å²) in [6.45, 7) is -0.713. The number of amides is 2. The molecule has 0 saturated heterocycles. The molecule has 3 N–H and O–H groups in total. The summed E-state index contributed by atoms with van der Waals surface area (Å²) in [5.41, 5.74) is -0.442. The molecule has 0 spiro atoms. The molecule has 1 atom stereocenters. The highest BCUT2D eigenvalue weighted by Gasteiger charge is 2.46. The molecule has 0 saturated carbocycles. The molecule has 1 aromatic carbocycles. The van der Waals surface area contributed by atoms with Crippen LogP contribution in [-0.2, 0) is 13.2 Å². The van der Waals surface area contributed by atoms with Gasteiger partial charge in [-0.25, -0.2) is 9.78 Å². The van der Waals surface area contributed by atoms with Crippen molar-refractivity contribution in [2.45, 2.75) is 25.4 Å². The van der Waals surface area contributed by atoms with Gasteiger partial charge in [0.1, 0.15) is 0 Å². The lowest BCUT2D eigenvalue weighted by atomic mass is 9.96. The molecule has 0 radical (unpaired) electrons. The third-order valence-corrected chi connectivity index (χ3v) is 3.82. The summed E-state index contributed by atoms with van der Waals surface area (Å²) < 4.78 is 41.2. The second-order valence-electron chi connectivity index (χ2n) is 5.46. The number of benzene rings is 1. The van der Waals surface area contributed by atoms with Crippen molar-refractivity contribution in [3.63, 3.8) is 0 Å². The molecular weight excluding hydrogens is 341 g/mol. The largest absolute Gasteiger partial charge is 0.413 e. The van der Waals surface area contributed by atoms with E-state index < -0.39 is 30.4 Å². The van der Waals surface area contributed by atoms with Crippen LogP contribution in [0.25, 0.3) is 0 Å². The number of urea groups is 1. The van der Waals surface area contributed by atoms with E-state index in [1.54, 1.807) is 0 Å². The zero-order chi connectivity index (χ0) is 18.2. The Hall–Kier alpha value is -2.88. The summed E-state index contributed by atoms with van der Waals surface area (Å²) in [5.74, 6) is 0. The average Bonchev–Trinajstić information content (AvgIpc) is 2.55. The summed E-state index contributed by atoms with van der Waals surface area (Å²) in [6.07, 6.45) is -2.32. The Bertz CT molecular complexity index is 879. The maximum Gasteiger partial charge on any atom is 0.413 e. The van der Waals surface area contributed by atoms with Crippen LogP contribution in [0, 0.1) is 0 Å². The van der Waals surface area contributed by atoms with Crippen LogP contribution in [0.5, 0.6) is 0 Å². The quantitative estimate of drug-likeness (QED) is 0.779. The van der Waals surface area contributed by atoms with E-state index in [0.29, 0.717) is 0 Å². The minimum atomic E-state index is -4.70. The van der Waals surface area contributed by atoms with Crippen LogP contribution in [0.2, 0.25) is 0 Å². The summed E-state index contributed by atoms with van der Waals surface area (Å²) >= 11 is 0. The molecule has 132 valence electrons. The number of carbonyl (C=O) groups excluding carboxylic acids is 1. The fraction of sp³-hybridized carbons (Fsp3) is 0.267. The van der Waals surface area contributed by atoms with Crippen molar-refractivity contribution < 1.29 is 23.1 Å². The lowest BCUT2D eigenvalue weighted by Crippen LogP contribution is -2.45. The Morgan fingerprint density at radius 1 is 1.24 bits per heavy atom. The topological polar surface area (TPSA) is 96.2 Å². The van der Waals surface area contributed by atoms with E-state index in [4.69, 9.17) is 5.11 Å². The van der Waals surface area contributed by atoms with Gasteiger partial charge in [0.2, 0.25) is 0 Å². The van der Waals surface area contributed by atoms with Gasteiger partial charge in [0.25, 0.3) is 5.56 Å². The van der Waals surface area contributed by atoms with Crippen molar-refractivity contribution in [2.24, 2.45) is 0 Å². The van der Waals surface area contributed by atoms with Gasteiger partial charge in [0.15, 0.2) is 6.04 Å². The number of halogens is 3. The van der Waals surface area contributed by atoms with Gasteiger partial charge in [-0.15, -0.1) is 0 Å². The number of carbonyl (C=O) groups is 1. The fourth-order valence-electron chi connectivity index (χ4n) is 2.71. The normalized spacial score (nSPS) is 16.8. The van der Waals surface area contributed by atoms with Crippen LogP contribution in [0.1, 0.15) is 22.7 Å². The van der Waals surface area contributed by atoms with Gasteiger partial charge in [0.05, 0.1) is 25.0 Å². The highest BCUT2D eigenvalue weighted by molar-refractivity contribution is 5.93. The molecule has 0 bridgehead atoms. The number of hydrogen-bond acceptors (Lipinski definition) is 4. The van der Waals surface area contributed by atoms with Crippen molar-refractivity contribution in [1.82, 2.24) is 14.9 Å². The lowest BCUT2D eigenvalue weighted by molar-refractivity contribution is -0.155. The molecule has 1 unspecified atom stereocenters. The predicted octanol–water partition coefficient (Wildman–Crippen LogP) is 1.52. The number of alkyl halides is 3. The monoisotopic (exact) mass is 354 g/mol. The number of aliphatic hydroxyl groups is 1. The molecule has 1 aliphatic heterocycles. The third kappa shape index (κ3) is 3.20. The van der Waals surface area contributed by atoms with E-state index in [0.717, 1.165) is 4.57 Å². The number of nitrogens with one attached hydrogen (secondary N) is 2. The highest BCUT2D eigenvalue weighted by Crippen LogP contribution is 2.40. The molecule has 2 heterocycles. The Morgan fingerprint density at radius 3 is 2.68 bits per heavy atom. The van der Waals surface area contributed by atoms with Gasteiger partial charge in [-0.3, -0.25) is 9.36 Å². The van der Waals surface area contributed by atoms with Crippen LogP contribution in [-0.4, -0.2) is 26.9 Å². The van der Waals surface area contributed by atoms with Crippen LogP contribution < -0.4 is 16.2 Å². The Balaban J connectivity index is 2.09. The predicted molar refractivity (Wildman–Crippen MR) is 80.9 cm³/mol. The van der Waals surface area contributed by atoms with Crippen LogP contribution >= 0.6 is 0 Å². The number of anilines is 1. The van der Waals surface area contributed by atoms with E-state index in [9.17, 15) is 22.8 Å². The van der Waals surface area contributed by atoms with Gasteiger partial charge < -0.3 is 15.7 Å². The van der Waals surface area contributed by atoms with Crippen molar-refractivity contribution in [3.8, 4) is 0 Å². The number of fused-ring (bicyclic) bond motifs is 1. The van der Waals surface area contributed by atoms with E-state index in [1.165, 1.54) is 30.7 Å². The number of nitrogens with zero attached hydrogens (tertiary/aromatic N) is 2. The number of hydrogen-bond donors (Lipinski definition) is 3. The summed E-state index contributed by atoms with van der Waals surface area (Å²) in [6, 6.07) is 1.16. The molecule has 2 aromatic rings. The maximum absolute atomic E-state index is 13.4. The SMILES string of the molecule is O=C1Nc2cccc(Cn3cncc(CO)c3=O)c2C(C(F)(F)F)N1. The third-order valence-electron chi connectivity index (χ3n) is 3.82. The van der Waals surface area contributed by atoms with Gasteiger partial charge in [-0.1, -0.05) is 12.1 Å². The van der Waals surface area contributed by atoms with E-state index in [-0.39, 0.29) is 28.9 Å². The Labute approximate surface area is 139 Å². The smallest absolute Gasteiger partial charge is 0.391 e. The van der Waals surface area contributed by atoms with E-state index in [1.807, 2.05) is 5.32 Å². The summed E-state index contributed by atoms with van der Waals surface area (Å²) in [4.78, 5) is 27.4. The van der Waals surface area contributed by atoms with Gasteiger partial charge in [-0.2, -0.15) is 13.2 Å². The molecular formula is C15H13F3N4O3. The van der Waals surface area contributed by atoms with E-state index >= 15 is 0 Å². The Kier molecular flexibility index (Phi) is 4.21. The van der Waals surface area contributed by atoms with Crippen LogP contribution in [0.3, 0.4) is 0 Å². The summed E-state index contributed by atoms with van der Waals surface area (Å²) in [7, 11) is 0.